The van der Waals surface area contributed by atoms with Crippen molar-refractivity contribution < 1.29 is 14.3 Å². The highest BCUT2D eigenvalue weighted by molar-refractivity contribution is 5.90. The second-order valence-corrected chi connectivity index (χ2v) is 6.09. The van der Waals surface area contributed by atoms with Crippen molar-refractivity contribution in [3.8, 4) is 11.5 Å². The molecule has 0 aliphatic heterocycles. The second kappa shape index (κ2) is 9.22. The molecule has 0 radical (unpaired) electrons. The van der Waals surface area contributed by atoms with Gasteiger partial charge in [-0.2, -0.15) is 0 Å². The van der Waals surface area contributed by atoms with E-state index >= 15 is 0 Å². The molecule has 1 aromatic carbocycles. The van der Waals surface area contributed by atoms with Gasteiger partial charge in [0.15, 0.2) is 0 Å². The van der Waals surface area contributed by atoms with Gasteiger partial charge in [-0.25, -0.2) is 9.78 Å². The third-order valence-electron chi connectivity index (χ3n) is 4.08. The molecule has 2 aromatic rings. The number of urea groups is 1. The number of rotatable bonds is 8. The lowest BCUT2D eigenvalue weighted by atomic mass is 10.2. The van der Waals surface area contributed by atoms with Crippen LogP contribution in [0, 0.1) is 13.8 Å². The van der Waals surface area contributed by atoms with Crippen LogP contribution in [0.25, 0.3) is 11.5 Å². The molecule has 0 saturated carbocycles. The number of hydrogen-bond donors (Lipinski definition) is 2. The average Bonchev–Trinajstić information content (AvgIpc) is 2.93. The van der Waals surface area contributed by atoms with Gasteiger partial charge in [0.05, 0.1) is 12.3 Å². The number of amides is 2. The van der Waals surface area contributed by atoms with Gasteiger partial charge in [0.2, 0.25) is 5.89 Å². The van der Waals surface area contributed by atoms with Gasteiger partial charge in [-0.1, -0.05) is 25.8 Å². The fourth-order valence-corrected chi connectivity index (χ4v) is 2.52. The third-order valence-corrected chi connectivity index (χ3v) is 4.08. The topological polar surface area (TPSA) is 78.6 Å². The van der Waals surface area contributed by atoms with Crippen molar-refractivity contribution in [1.29, 1.82) is 0 Å². The quantitative estimate of drug-likeness (QED) is 0.710. The monoisotopic (exact) mass is 345 g/mol. The Balaban J connectivity index is 2.07. The lowest BCUT2D eigenvalue weighted by molar-refractivity contribution is 0.187. The number of carbonyl (C=O) groups is 1. The molecule has 2 amide bonds. The van der Waals surface area contributed by atoms with E-state index in [1.807, 2.05) is 38.1 Å². The Kier molecular flexibility index (Phi) is 7.01. The van der Waals surface area contributed by atoms with Gasteiger partial charge in [0.1, 0.15) is 5.76 Å². The Morgan fingerprint density at radius 2 is 2.08 bits per heavy atom. The zero-order valence-corrected chi connectivity index (χ0v) is 15.2. The summed E-state index contributed by atoms with van der Waals surface area (Å²) in [6, 6.07) is 7.21. The first-order chi connectivity index (χ1) is 12.0. The predicted molar refractivity (Wildman–Crippen MR) is 98.6 cm³/mol. The number of nitrogens with zero attached hydrogens (tertiary/aromatic N) is 2. The number of aliphatic hydroxyl groups excluding tert-OH is 1. The number of oxazole rings is 1. The van der Waals surface area contributed by atoms with E-state index in [2.05, 4.69) is 17.2 Å². The molecule has 0 fully saturated rings. The first-order valence-electron chi connectivity index (χ1n) is 8.76. The van der Waals surface area contributed by atoms with E-state index in [1.165, 1.54) is 0 Å². The van der Waals surface area contributed by atoms with Gasteiger partial charge < -0.3 is 19.7 Å². The van der Waals surface area contributed by atoms with Gasteiger partial charge in [-0.3, -0.25) is 0 Å². The summed E-state index contributed by atoms with van der Waals surface area (Å²) < 4.78 is 5.64. The number of hydrogen-bond acceptors (Lipinski definition) is 4. The van der Waals surface area contributed by atoms with Crippen molar-refractivity contribution in [1.82, 2.24) is 9.88 Å². The van der Waals surface area contributed by atoms with Crippen molar-refractivity contribution in [2.75, 3.05) is 25.0 Å². The van der Waals surface area contributed by atoms with Crippen LogP contribution in [-0.4, -0.2) is 40.7 Å². The lowest BCUT2D eigenvalue weighted by Crippen LogP contribution is -2.37. The fraction of sp³-hybridized carbons (Fsp3) is 0.474. The molecule has 0 spiro atoms. The van der Waals surface area contributed by atoms with Crippen LogP contribution in [0.1, 0.15) is 37.6 Å². The molecule has 0 unspecified atom stereocenters. The lowest BCUT2D eigenvalue weighted by Gasteiger charge is -2.22. The number of unbranched alkanes of at least 4 members (excludes halogenated alkanes) is 2. The molecule has 136 valence electrons. The number of benzene rings is 1. The Morgan fingerprint density at radius 1 is 1.28 bits per heavy atom. The molecule has 0 aliphatic carbocycles. The maximum absolute atomic E-state index is 12.5. The molecule has 0 bridgehead atoms. The molecule has 1 aromatic heterocycles. The smallest absolute Gasteiger partial charge is 0.321 e. The summed E-state index contributed by atoms with van der Waals surface area (Å²) >= 11 is 0. The molecular formula is C19H27N3O3. The minimum atomic E-state index is -0.206. The van der Waals surface area contributed by atoms with Gasteiger partial charge in [0, 0.05) is 24.3 Å². The van der Waals surface area contributed by atoms with Crippen LogP contribution in [0.3, 0.4) is 0 Å². The van der Waals surface area contributed by atoms with Crippen LogP contribution >= 0.6 is 0 Å². The van der Waals surface area contributed by atoms with Gasteiger partial charge >= 0.3 is 6.03 Å². The Labute approximate surface area is 148 Å². The normalized spacial score (nSPS) is 10.7. The molecule has 1 heterocycles. The van der Waals surface area contributed by atoms with Crippen molar-refractivity contribution in [2.24, 2.45) is 0 Å². The molecule has 25 heavy (non-hydrogen) atoms. The number of aromatic nitrogens is 1. The van der Waals surface area contributed by atoms with E-state index in [9.17, 15) is 9.90 Å². The summed E-state index contributed by atoms with van der Waals surface area (Å²) in [5.41, 5.74) is 2.35. The highest BCUT2D eigenvalue weighted by Crippen LogP contribution is 2.24. The number of aliphatic hydroxyl groups is 1. The zero-order valence-electron chi connectivity index (χ0n) is 15.2. The number of carbonyl (C=O) groups excluding carboxylic acids is 1. The van der Waals surface area contributed by atoms with E-state index < -0.39 is 0 Å². The minimum absolute atomic E-state index is 0.0472. The Bertz CT molecular complexity index is 677. The maximum atomic E-state index is 12.5. The highest BCUT2D eigenvalue weighted by Gasteiger charge is 2.14. The predicted octanol–water partition coefficient (Wildman–Crippen LogP) is 3.97. The first-order valence-corrected chi connectivity index (χ1v) is 8.76. The summed E-state index contributed by atoms with van der Waals surface area (Å²) in [5.74, 6) is 1.33. The molecule has 0 atom stereocenters. The van der Waals surface area contributed by atoms with Crippen molar-refractivity contribution in [2.45, 2.75) is 40.0 Å². The van der Waals surface area contributed by atoms with Crippen LogP contribution in [0.15, 0.2) is 28.7 Å². The van der Waals surface area contributed by atoms with Crippen molar-refractivity contribution >= 4 is 11.7 Å². The fourth-order valence-electron chi connectivity index (χ4n) is 2.52. The SMILES string of the molecule is CCCCCN(CCO)C(=O)Nc1cccc(-c2nc(C)c(C)o2)c1. The van der Waals surface area contributed by atoms with Gasteiger partial charge in [0.25, 0.3) is 0 Å². The molecule has 2 rings (SSSR count). The largest absolute Gasteiger partial charge is 0.441 e. The number of aryl methyl sites for hydroxylation is 2. The van der Waals surface area contributed by atoms with E-state index in [-0.39, 0.29) is 12.6 Å². The van der Waals surface area contributed by atoms with Crippen molar-refractivity contribution in [3.05, 3.63) is 35.7 Å². The van der Waals surface area contributed by atoms with Crippen LogP contribution < -0.4 is 5.32 Å². The van der Waals surface area contributed by atoms with E-state index in [4.69, 9.17) is 4.42 Å². The highest BCUT2D eigenvalue weighted by atomic mass is 16.4. The molecule has 2 N–H and O–H groups in total. The van der Waals surface area contributed by atoms with Gasteiger partial charge in [-0.15, -0.1) is 0 Å². The molecule has 6 nitrogen and oxygen atoms in total. The van der Waals surface area contributed by atoms with Crippen LogP contribution in [0.4, 0.5) is 10.5 Å². The Morgan fingerprint density at radius 3 is 2.72 bits per heavy atom. The second-order valence-electron chi connectivity index (χ2n) is 6.09. The van der Waals surface area contributed by atoms with Crippen LogP contribution in [0.5, 0.6) is 0 Å². The standard InChI is InChI=1S/C19H27N3O3/c1-4-5-6-10-22(11-12-23)19(24)21-17-9-7-8-16(13-17)18-20-14(2)15(3)25-18/h7-9,13,23H,4-6,10-12H2,1-3H3,(H,21,24). The maximum Gasteiger partial charge on any atom is 0.321 e. The van der Waals surface area contributed by atoms with Crippen LogP contribution in [-0.2, 0) is 0 Å². The van der Waals surface area contributed by atoms with Crippen molar-refractivity contribution in [3.63, 3.8) is 0 Å². The number of anilines is 1. The van der Waals surface area contributed by atoms with Crippen LogP contribution in [0.2, 0.25) is 0 Å². The third kappa shape index (κ3) is 5.32. The first kappa shape index (κ1) is 19.0. The minimum Gasteiger partial charge on any atom is -0.441 e. The molecule has 6 heteroatoms. The Hall–Kier alpha value is -2.34. The average molecular weight is 345 g/mol. The number of nitrogens with one attached hydrogen (secondary N) is 1. The summed E-state index contributed by atoms with van der Waals surface area (Å²) in [7, 11) is 0. The zero-order chi connectivity index (χ0) is 18.2. The van der Waals surface area contributed by atoms with E-state index in [0.29, 0.717) is 24.7 Å². The summed E-state index contributed by atoms with van der Waals surface area (Å²) in [6.45, 7) is 6.81. The molecule has 0 aliphatic rings. The van der Waals surface area contributed by atoms with E-state index in [0.717, 1.165) is 36.3 Å². The molecular weight excluding hydrogens is 318 g/mol. The van der Waals surface area contributed by atoms with E-state index in [1.54, 1.807) is 4.90 Å². The molecule has 0 saturated heterocycles. The summed E-state index contributed by atoms with van der Waals surface area (Å²) in [5, 5.41) is 12.1. The summed E-state index contributed by atoms with van der Waals surface area (Å²) in [4.78, 5) is 18.5. The summed E-state index contributed by atoms with van der Waals surface area (Å²) in [6.07, 6.45) is 3.08. The van der Waals surface area contributed by atoms with Gasteiger partial charge in [-0.05, 0) is 38.5 Å².